The second-order valence-electron chi connectivity index (χ2n) is 15.9. The van der Waals surface area contributed by atoms with Crippen molar-refractivity contribution in [1.29, 1.82) is 0 Å². The summed E-state index contributed by atoms with van der Waals surface area (Å²) in [5, 5.41) is 7.77. The van der Waals surface area contributed by atoms with E-state index in [1.165, 1.54) is 142 Å². The molecule has 2 heterocycles. The predicted molar refractivity (Wildman–Crippen MR) is 227 cm³/mol. The molecule has 5 aromatic carbocycles. The molecule has 53 heavy (non-hydrogen) atoms. The third kappa shape index (κ3) is 6.35. The Labute approximate surface area is 315 Å². The van der Waals surface area contributed by atoms with Crippen LogP contribution in [-0.4, -0.2) is 9.97 Å². The largest absolute Gasteiger partial charge is 0.250 e. The molecule has 0 amide bonds. The Hall–Kier alpha value is -4.82. The van der Waals surface area contributed by atoms with E-state index in [0.717, 1.165) is 17.5 Å². The average Bonchev–Trinajstić information content (AvgIpc) is 3.52. The van der Waals surface area contributed by atoms with E-state index in [-0.39, 0.29) is 0 Å². The summed E-state index contributed by atoms with van der Waals surface area (Å²) in [4.78, 5) is 11.1. The highest BCUT2D eigenvalue weighted by atomic mass is 14.8. The summed E-state index contributed by atoms with van der Waals surface area (Å²) in [5.41, 5.74) is 11.2. The van der Waals surface area contributed by atoms with Crippen molar-refractivity contribution in [2.24, 2.45) is 0 Å². The summed E-state index contributed by atoms with van der Waals surface area (Å²) in [6.07, 6.45) is 19.9. The molecule has 266 valence electrons. The van der Waals surface area contributed by atoms with E-state index in [9.17, 15) is 0 Å². The fourth-order valence-corrected chi connectivity index (χ4v) is 9.94. The SMILES string of the molecule is C/C=C\C(CC)c1c2ccccc2c(-c2cccc(-c3cc(C4CCCCC4)nc4c3ccc3ccc(C5CCCCCC5)nc34)c2)c2ccccc12. The van der Waals surface area contributed by atoms with Gasteiger partial charge in [0, 0.05) is 39.9 Å². The fourth-order valence-electron chi connectivity index (χ4n) is 9.94. The molecule has 0 aliphatic heterocycles. The van der Waals surface area contributed by atoms with Gasteiger partial charge in [0.2, 0.25) is 0 Å². The Morgan fingerprint density at radius 3 is 1.81 bits per heavy atom. The van der Waals surface area contributed by atoms with Gasteiger partial charge in [0.1, 0.15) is 0 Å². The second kappa shape index (κ2) is 14.9. The summed E-state index contributed by atoms with van der Waals surface area (Å²) in [5.74, 6) is 1.42. The maximum Gasteiger partial charge on any atom is 0.0974 e. The van der Waals surface area contributed by atoms with Crippen molar-refractivity contribution in [3.05, 3.63) is 132 Å². The van der Waals surface area contributed by atoms with Crippen molar-refractivity contribution in [3.8, 4) is 22.3 Å². The standard InChI is InChI=1S/C51H52N2/c1-3-17-34(4-2)48-40-24-12-14-26-42(40)49(43-27-15-13-25-41(43)48)39-23-16-22-38(32-39)45-33-47(36-20-10-7-11-21-36)53-51-44(45)30-28-37-29-31-46(52-50(37)51)35-18-8-5-6-9-19-35/h3,12-17,22-36H,4-11,18-21H2,1-2H3/b17-3-. The molecule has 0 N–H and O–H groups in total. The van der Waals surface area contributed by atoms with E-state index in [1.807, 2.05) is 0 Å². The zero-order valence-corrected chi connectivity index (χ0v) is 31.6. The van der Waals surface area contributed by atoms with Crippen molar-refractivity contribution in [3.63, 3.8) is 0 Å². The molecule has 2 aromatic heterocycles. The molecule has 9 rings (SSSR count). The lowest BCUT2D eigenvalue weighted by Crippen LogP contribution is -2.07. The van der Waals surface area contributed by atoms with E-state index in [1.54, 1.807) is 0 Å². The minimum Gasteiger partial charge on any atom is -0.250 e. The summed E-state index contributed by atoms with van der Waals surface area (Å²) >= 11 is 0. The zero-order valence-electron chi connectivity index (χ0n) is 31.6. The van der Waals surface area contributed by atoms with Gasteiger partial charge < -0.3 is 0 Å². The number of hydrogen-bond donors (Lipinski definition) is 0. The van der Waals surface area contributed by atoms with Crippen LogP contribution in [0.1, 0.15) is 126 Å². The number of hydrogen-bond acceptors (Lipinski definition) is 2. The van der Waals surface area contributed by atoms with Crippen LogP contribution in [0.2, 0.25) is 0 Å². The number of allylic oxidation sites excluding steroid dienone is 2. The summed E-state index contributed by atoms with van der Waals surface area (Å²) in [6, 6.07) is 39.2. The van der Waals surface area contributed by atoms with E-state index in [4.69, 9.17) is 9.97 Å². The van der Waals surface area contributed by atoms with E-state index >= 15 is 0 Å². The number of fused-ring (bicyclic) bond motifs is 5. The van der Waals surface area contributed by atoms with Crippen LogP contribution in [0, 0.1) is 0 Å². The number of pyridine rings is 2. The van der Waals surface area contributed by atoms with Crippen molar-refractivity contribution in [1.82, 2.24) is 9.97 Å². The monoisotopic (exact) mass is 692 g/mol. The average molecular weight is 693 g/mol. The second-order valence-corrected chi connectivity index (χ2v) is 15.9. The van der Waals surface area contributed by atoms with Crippen LogP contribution in [0.25, 0.3) is 65.6 Å². The number of nitrogens with zero attached hydrogens (tertiary/aromatic N) is 2. The molecule has 1 unspecified atom stereocenters. The Morgan fingerprint density at radius 1 is 0.566 bits per heavy atom. The van der Waals surface area contributed by atoms with E-state index < -0.39 is 0 Å². The summed E-state index contributed by atoms with van der Waals surface area (Å²) in [7, 11) is 0. The highest BCUT2D eigenvalue weighted by molar-refractivity contribution is 6.16. The van der Waals surface area contributed by atoms with Crippen LogP contribution in [0.5, 0.6) is 0 Å². The van der Waals surface area contributed by atoms with Crippen LogP contribution in [0.4, 0.5) is 0 Å². The first-order valence-corrected chi connectivity index (χ1v) is 20.6. The van der Waals surface area contributed by atoms with E-state index in [2.05, 4.69) is 129 Å². The van der Waals surface area contributed by atoms with Crippen molar-refractivity contribution in [2.45, 2.75) is 109 Å². The minimum atomic E-state index is 0.364. The fraction of sp³-hybridized carbons (Fsp3) is 0.333. The maximum atomic E-state index is 5.56. The normalized spacial score (nSPS) is 16.9. The van der Waals surface area contributed by atoms with Gasteiger partial charge in [0.05, 0.1) is 11.0 Å². The van der Waals surface area contributed by atoms with E-state index in [0.29, 0.717) is 17.8 Å². The summed E-state index contributed by atoms with van der Waals surface area (Å²) < 4.78 is 0. The van der Waals surface area contributed by atoms with Gasteiger partial charge in [-0.2, -0.15) is 0 Å². The van der Waals surface area contributed by atoms with Gasteiger partial charge in [-0.05, 0) is 107 Å². The van der Waals surface area contributed by atoms with Crippen LogP contribution < -0.4 is 0 Å². The molecule has 0 spiro atoms. The molecule has 2 fully saturated rings. The van der Waals surface area contributed by atoms with Crippen LogP contribution in [0.3, 0.4) is 0 Å². The van der Waals surface area contributed by atoms with Crippen LogP contribution in [-0.2, 0) is 0 Å². The Bertz CT molecular complexity index is 2400. The molecular weight excluding hydrogens is 641 g/mol. The lowest BCUT2D eigenvalue weighted by molar-refractivity contribution is 0.437. The third-order valence-electron chi connectivity index (χ3n) is 12.6. The van der Waals surface area contributed by atoms with Gasteiger partial charge in [-0.15, -0.1) is 0 Å². The third-order valence-corrected chi connectivity index (χ3v) is 12.6. The van der Waals surface area contributed by atoms with Gasteiger partial charge in [-0.25, -0.2) is 0 Å². The number of benzene rings is 5. The first-order valence-electron chi connectivity index (χ1n) is 20.6. The lowest BCUT2D eigenvalue weighted by Gasteiger charge is -2.23. The maximum absolute atomic E-state index is 5.56. The number of aromatic nitrogens is 2. The Morgan fingerprint density at radius 2 is 1.15 bits per heavy atom. The predicted octanol–water partition coefficient (Wildman–Crippen LogP) is 15.0. The molecule has 0 radical (unpaired) electrons. The van der Waals surface area contributed by atoms with Gasteiger partial charge in [0.15, 0.2) is 0 Å². The van der Waals surface area contributed by atoms with Crippen LogP contribution in [0.15, 0.2) is 115 Å². The van der Waals surface area contributed by atoms with Crippen molar-refractivity contribution in [2.75, 3.05) is 0 Å². The summed E-state index contributed by atoms with van der Waals surface area (Å²) in [6.45, 7) is 4.45. The topological polar surface area (TPSA) is 25.8 Å². The first-order chi connectivity index (χ1) is 26.2. The van der Waals surface area contributed by atoms with Crippen molar-refractivity contribution >= 4 is 43.4 Å². The smallest absolute Gasteiger partial charge is 0.0974 e. The van der Waals surface area contributed by atoms with Crippen LogP contribution >= 0.6 is 0 Å². The molecule has 2 heteroatoms. The molecule has 2 nitrogen and oxygen atoms in total. The first kappa shape index (κ1) is 34.0. The molecular formula is C51H52N2. The molecule has 0 bridgehead atoms. The van der Waals surface area contributed by atoms with Gasteiger partial charge in [0.25, 0.3) is 0 Å². The van der Waals surface area contributed by atoms with Gasteiger partial charge >= 0.3 is 0 Å². The minimum absolute atomic E-state index is 0.364. The molecule has 2 aliphatic rings. The molecule has 0 saturated heterocycles. The quantitative estimate of drug-likeness (QED) is 0.0719. The Balaban J connectivity index is 1.26. The molecule has 7 aromatic rings. The Kier molecular flexibility index (Phi) is 9.55. The molecule has 1 atom stereocenters. The highest BCUT2D eigenvalue weighted by Gasteiger charge is 2.23. The lowest BCUT2D eigenvalue weighted by atomic mass is 9.82. The molecule has 2 aliphatic carbocycles. The van der Waals surface area contributed by atoms with Crippen molar-refractivity contribution < 1.29 is 0 Å². The number of rotatable bonds is 7. The highest BCUT2D eigenvalue weighted by Crippen LogP contribution is 2.45. The van der Waals surface area contributed by atoms with Gasteiger partial charge in [-0.3, -0.25) is 9.97 Å². The zero-order chi connectivity index (χ0) is 35.7. The van der Waals surface area contributed by atoms with Gasteiger partial charge in [-0.1, -0.05) is 149 Å². The molecule has 2 saturated carbocycles.